The van der Waals surface area contributed by atoms with Gasteiger partial charge in [-0.25, -0.2) is 4.57 Å². The molecule has 0 aromatic carbocycles. The van der Waals surface area contributed by atoms with Gasteiger partial charge in [-0.2, -0.15) is 0 Å². The molecule has 0 aliphatic heterocycles. The van der Waals surface area contributed by atoms with Gasteiger partial charge >= 0.3 is 25.7 Å². The summed E-state index contributed by atoms with van der Waals surface area (Å²) in [6, 6.07) is -1.53. The fourth-order valence-corrected chi connectivity index (χ4v) is 6.22. The molecule has 4 N–H and O–H groups in total. The number of aliphatic carboxylic acids is 1. The van der Waals surface area contributed by atoms with Crippen LogP contribution in [0.3, 0.4) is 0 Å². The van der Waals surface area contributed by atoms with Crippen LogP contribution >= 0.6 is 7.82 Å². The van der Waals surface area contributed by atoms with Crippen molar-refractivity contribution in [3.63, 3.8) is 0 Å². The Morgan fingerprint density at radius 1 is 0.534 bits per heavy atom. The van der Waals surface area contributed by atoms with E-state index >= 15 is 0 Å². The summed E-state index contributed by atoms with van der Waals surface area (Å²) in [6.45, 7) is 2.66. The van der Waals surface area contributed by atoms with Crippen LogP contribution in [0.5, 0.6) is 0 Å². The van der Waals surface area contributed by atoms with Crippen LogP contribution in [0.25, 0.3) is 0 Å². The number of unbranched alkanes of at least 4 members (excludes halogenated alkanes) is 14. The number of hydrogen-bond acceptors (Lipinski definition) is 9. The molecule has 0 aliphatic carbocycles. The number of phosphoric ester groups is 1. The van der Waals surface area contributed by atoms with Crippen molar-refractivity contribution in [3.05, 3.63) is 72.9 Å². The summed E-state index contributed by atoms with van der Waals surface area (Å²) in [5, 5.41) is 8.89. The maximum Gasteiger partial charge on any atom is 0.472 e. The Balaban J connectivity index is 4.44. The third kappa shape index (κ3) is 39.7. The number of carbonyl (C=O) groups is 3. The molecule has 0 saturated heterocycles. The standard InChI is InChI=1S/C46H78NO10P/c1-3-5-7-9-11-13-15-17-19-21-23-25-27-29-31-33-35-37-44(48)54-39-42(40-55-58(52,53)56-41-43(47)46(50)51)57-45(49)38-36-34-32-30-28-26-24-22-20-18-16-14-12-10-8-6-4-2/h8,10-11,13-14,16-17,19-20,22,26,28,42-43H,3-7,9,12,15,18,21,23-25,27,29-41,47H2,1-2H3,(H,50,51)(H,52,53)/b10-8+,13-11+,16-14+,19-17+,22-20+,28-26+/t42-,43+/m1/s1. The first kappa shape index (κ1) is 54.9. The quantitative estimate of drug-likeness (QED) is 0.0232. The van der Waals surface area contributed by atoms with Crippen molar-refractivity contribution in [1.29, 1.82) is 0 Å². The van der Waals surface area contributed by atoms with Gasteiger partial charge in [-0.3, -0.25) is 23.4 Å². The molecule has 0 rings (SSSR count). The predicted molar refractivity (Wildman–Crippen MR) is 235 cm³/mol. The molecule has 11 nitrogen and oxygen atoms in total. The smallest absolute Gasteiger partial charge is 0.472 e. The van der Waals surface area contributed by atoms with Crippen LogP contribution in [-0.2, 0) is 37.5 Å². The lowest BCUT2D eigenvalue weighted by atomic mass is 10.1. The van der Waals surface area contributed by atoms with E-state index in [1.807, 2.05) is 0 Å². The number of phosphoric acid groups is 1. The maximum atomic E-state index is 12.6. The van der Waals surface area contributed by atoms with Gasteiger partial charge in [-0.05, 0) is 83.5 Å². The van der Waals surface area contributed by atoms with Gasteiger partial charge < -0.3 is 25.2 Å². The molecule has 0 amide bonds. The lowest BCUT2D eigenvalue weighted by Gasteiger charge is -2.20. The van der Waals surface area contributed by atoms with Crippen molar-refractivity contribution in [2.45, 2.75) is 180 Å². The highest BCUT2D eigenvalue weighted by Gasteiger charge is 2.28. The van der Waals surface area contributed by atoms with Crippen LogP contribution in [0, 0.1) is 0 Å². The van der Waals surface area contributed by atoms with E-state index in [2.05, 4.69) is 91.3 Å². The Morgan fingerprint density at radius 2 is 0.948 bits per heavy atom. The normalized spacial score (nSPS) is 14.4. The highest BCUT2D eigenvalue weighted by atomic mass is 31.2. The molecule has 3 atom stereocenters. The Hall–Kier alpha value is -3.08. The second-order valence-corrected chi connectivity index (χ2v) is 15.9. The Labute approximate surface area is 350 Å². The first-order valence-corrected chi connectivity index (χ1v) is 23.5. The van der Waals surface area contributed by atoms with Gasteiger partial charge in [0.1, 0.15) is 12.6 Å². The van der Waals surface area contributed by atoms with Gasteiger partial charge in [-0.1, -0.05) is 145 Å². The second kappa shape index (κ2) is 40.7. The van der Waals surface area contributed by atoms with E-state index in [0.717, 1.165) is 83.5 Å². The zero-order chi connectivity index (χ0) is 42.8. The summed E-state index contributed by atoms with van der Waals surface area (Å²) < 4.78 is 32.7. The van der Waals surface area contributed by atoms with Crippen molar-refractivity contribution >= 4 is 25.7 Å². The van der Waals surface area contributed by atoms with Crippen LogP contribution in [0.4, 0.5) is 0 Å². The molecule has 0 aromatic rings. The molecule has 0 aliphatic rings. The molecular formula is C46H78NO10P. The fraction of sp³-hybridized carbons (Fsp3) is 0.674. The average molecular weight is 836 g/mol. The number of esters is 2. The number of carboxylic acids is 1. The van der Waals surface area contributed by atoms with Gasteiger partial charge in [-0.15, -0.1) is 0 Å². The number of hydrogen-bond donors (Lipinski definition) is 3. The van der Waals surface area contributed by atoms with Crippen LogP contribution in [0.2, 0.25) is 0 Å². The minimum absolute atomic E-state index is 0.118. The van der Waals surface area contributed by atoms with Crippen molar-refractivity contribution in [3.8, 4) is 0 Å². The molecule has 0 heterocycles. The topological polar surface area (TPSA) is 172 Å². The summed E-state index contributed by atoms with van der Waals surface area (Å²) in [4.78, 5) is 46.0. The van der Waals surface area contributed by atoms with Gasteiger partial charge in [0.05, 0.1) is 13.2 Å². The van der Waals surface area contributed by atoms with Gasteiger partial charge in [0.15, 0.2) is 6.10 Å². The summed E-state index contributed by atoms with van der Waals surface area (Å²) in [7, 11) is -4.73. The van der Waals surface area contributed by atoms with E-state index < -0.39 is 51.1 Å². The molecule has 332 valence electrons. The molecule has 0 aromatic heterocycles. The van der Waals surface area contributed by atoms with E-state index in [1.165, 1.54) is 44.9 Å². The van der Waals surface area contributed by atoms with E-state index in [9.17, 15) is 23.8 Å². The third-order valence-corrected chi connectivity index (χ3v) is 9.86. The lowest BCUT2D eigenvalue weighted by Crippen LogP contribution is -2.34. The largest absolute Gasteiger partial charge is 0.480 e. The average Bonchev–Trinajstić information content (AvgIpc) is 3.20. The van der Waals surface area contributed by atoms with Crippen LogP contribution in [0.15, 0.2) is 72.9 Å². The first-order chi connectivity index (χ1) is 28.1. The van der Waals surface area contributed by atoms with E-state index in [4.69, 9.17) is 24.8 Å². The first-order valence-electron chi connectivity index (χ1n) is 22.0. The Kier molecular flexibility index (Phi) is 38.5. The lowest BCUT2D eigenvalue weighted by molar-refractivity contribution is -0.161. The number of carboxylic acid groups (broad SMARTS) is 1. The number of allylic oxidation sites excluding steroid dienone is 12. The van der Waals surface area contributed by atoms with Gasteiger partial charge in [0, 0.05) is 12.8 Å². The zero-order valence-corrected chi connectivity index (χ0v) is 36.8. The molecule has 0 bridgehead atoms. The summed E-state index contributed by atoms with van der Waals surface area (Å²) in [5.74, 6) is -2.44. The van der Waals surface area contributed by atoms with Gasteiger partial charge in [0.25, 0.3) is 0 Å². The molecular weight excluding hydrogens is 757 g/mol. The monoisotopic (exact) mass is 836 g/mol. The molecule has 0 radical (unpaired) electrons. The third-order valence-electron chi connectivity index (χ3n) is 8.91. The Morgan fingerprint density at radius 3 is 1.45 bits per heavy atom. The minimum atomic E-state index is -4.73. The molecule has 0 spiro atoms. The minimum Gasteiger partial charge on any atom is -0.480 e. The predicted octanol–water partition coefficient (Wildman–Crippen LogP) is 11.7. The molecule has 12 heteroatoms. The Bertz CT molecular complexity index is 1260. The van der Waals surface area contributed by atoms with Gasteiger partial charge in [0.2, 0.25) is 0 Å². The highest BCUT2D eigenvalue weighted by Crippen LogP contribution is 2.43. The van der Waals surface area contributed by atoms with Crippen LogP contribution in [0.1, 0.15) is 168 Å². The number of ether oxygens (including phenoxy) is 2. The maximum absolute atomic E-state index is 12.6. The van der Waals surface area contributed by atoms with Crippen molar-refractivity contribution < 1.29 is 47.5 Å². The van der Waals surface area contributed by atoms with Crippen LogP contribution in [-0.4, -0.2) is 59.9 Å². The molecule has 0 saturated carbocycles. The summed E-state index contributed by atoms with van der Waals surface area (Å²) in [5.41, 5.74) is 5.33. The molecule has 0 fully saturated rings. The van der Waals surface area contributed by atoms with Crippen molar-refractivity contribution in [2.24, 2.45) is 5.73 Å². The van der Waals surface area contributed by atoms with Crippen molar-refractivity contribution in [1.82, 2.24) is 0 Å². The number of nitrogens with two attached hydrogens (primary N) is 1. The molecule has 1 unspecified atom stereocenters. The number of carbonyl (C=O) groups excluding carboxylic acids is 2. The van der Waals surface area contributed by atoms with Crippen LogP contribution < -0.4 is 5.73 Å². The molecule has 58 heavy (non-hydrogen) atoms. The van der Waals surface area contributed by atoms with E-state index in [0.29, 0.717) is 12.8 Å². The van der Waals surface area contributed by atoms with E-state index in [-0.39, 0.29) is 19.4 Å². The fourth-order valence-electron chi connectivity index (χ4n) is 5.44. The SMILES string of the molecule is CCC/C=C/C/C=C/C/C=C/C/C=C/CCCCCC(=O)O[C@H](COC(=O)CCCCCCCCC/C=C/C/C=C/CCCCC)COP(=O)(O)OC[C@H](N)C(=O)O. The number of rotatable bonds is 40. The second-order valence-electron chi connectivity index (χ2n) is 14.5. The zero-order valence-electron chi connectivity index (χ0n) is 35.9. The van der Waals surface area contributed by atoms with E-state index in [1.54, 1.807) is 0 Å². The summed E-state index contributed by atoms with van der Waals surface area (Å²) in [6.07, 6.45) is 48.2. The van der Waals surface area contributed by atoms with Crippen molar-refractivity contribution in [2.75, 3.05) is 19.8 Å². The summed E-state index contributed by atoms with van der Waals surface area (Å²) >= 11 is 0. The highest BCUT2D eigenvalue weighted by molar-refractivity contribution is 7.47.